The van der Waals surface area contributed by atoms with Gasteiger partial charge in [0.2, 0.25) is 0 Å². The van der Waals surface area contributed by atoms with Crippen LogP contribution >= 0.6 is 0 Å². The molecule has 2 aliphatic rings. The van der Waals surface area contributed by atoms with E-state index in [0.29, 0.717) is 18.7 Å². The van der Waals surface area contributed by atoms with Crippen LogP contribution in [0.3, 0.4) is 0 Å². The molecule has 2 N–H and O–H groups in total. The quantitative estimate of drug-likeness (QED) is 0.724. The number of nitrogens with zero attached hydrogens (tertiary/aromatic N) is 1. The molecule has 0 bridgehead atoms. The molecule has 1 aliphatic heterocycles. The second-order valence-electron chi connectivity index (χ2n) is 5.59. The Morgan fingerprint density at radius 3 is 2.73 bits per heavy atom. The van der Waals surface area contributed by atoms with Crippen LogP contribution in [0.2, 0.25) is 0 Å². The molecule has 0 aromatic rings. The van der Waals surface area contributed by atoms with Crippen molar-refractivity contribution in [2.75, 3.05) is 26.7 Å². The van der Waals surface area contributed by atoms with Gasteiger partial charge >= 0.3 is 0 Å². The highest BCUT2D eigenvalue weighted by atomic mass is 16.3. The van der Waals surface area contributed by atoms with Crippen molar-refractivity contribution in [3.63, 3.8) is 0 Å². The molecular formula is C12H24N2O. The first kappa shape index (κ1) is 11.4. The molecule has 88 valence electrons. The van der Waals surface area contributed by atoms with E-state index < -0.39 is 0 Å². The molecule has 2 unspecified atom stereocenters. The molecule has 2 rings (SSSR count). The highest BCUT2D eigenvalue weighted by molar-refractivity contribution is 4.95. The molecule has 1 saturated heterocycles. The summed E-state index contributed by atoms with van der Waals surface area (Å²) in [5.74, 6) is 0. The van der Waals surface area contributed by atoms with Crippen LogP contribution in [-0.4, -0.2) is 48.8 Å². The SMILES string of the molecule is CC1CC(NCC2(CO)CC2)CCN1C. The van der Waals surface area contributed by atoms with E-state index >= 15 is 0 Å². The van der Waals surface area contributed by atoms with Crippen LogP contribution in [0.15, 0.2) is 0 Å². The number of hydrogen-bond donors (Lipinski definition) is 2. The van der Waals surface area contributed by atoms with Gasteiger partial charge in [0.25, 0.3) is 0 Å². The molecule has 15 heavy (non-hydrogen) atoms. The van der Waals surface area contributed by atoms with E-state index in [9.17, 15) is 5.11 Å². The largest absolute Gasteiger partial charge is 0.396 e. The molecule has 1 saturated carbocycles. The number of nitrogens with one attached hydrogen (secondary N) is 1. The lowest BCUT2D eigenvalue weighted by Gasteiger charge is -2.36. The Labute approximate surface area is 92.8 Å². The maximum atomic E-state index is 9.23. The van der Waals surface area contributed by atoms with Crippen molar-refractivity contribution in [1.82, 2.24) is 10.2 Å². The molecule has 2 fully saturated rings. The van der Waals surface area contributed by atoms with Gasteiger partial charge in [-0.2, -0.15) is 0 Å². The van der Waals surface area contributed by atoms with Gasteiger partial charge in [-0.05, 0) is 46.2 Å². The third-order valence-electron chi connectivity index (χ3n) is 4.27. The second kappa shape index (κ2) is 4.40. The van der Waals surface area contributed by atoms with Gasteiger partial charge in [0.15, 0.2) is 0 Å². The molecule has 1 heterocycles. The predicted molar refractivity (Wildman–Crippen MR) is 61.9 cm³/mol. The molecule has 0 spiro atoms. The standard InChI is InChI=1S/C12H24N2O/c1-10-7-11(3-6-14(10)2)13-8-12(9-15)4-5-12/h10-11,13,15H,3-9H2,1-2H3. The van der Waals surface area contributed by atoms with Crippen molar-refractivity contribution < 1.29 is 5.11 Å². The van der Waals surface area contributed by atoms with Gasteiger partial charge in [0.1, 0.15) is 0 Å². The Bertz CT molecular complexity index is 216. The summed E-state index contributed by atoms with van der Waals surface area (Å²) < 4.78 is 0. The maximum Gasteiger partial charge on any atom is 0.0499 e. The maximum absolute atomic E-state index is 9.23. The van der Waals surface area contributed by atoms with Gasteiger partial charge in [-0.3, -0.25) is 0 Å². The Hall–Kier alpha value is -0.120. The Morgan fingerprint density at radius 2 is 2.20 bits per heavy atom. The first-order valence-electron chi connectivity index (χ1n) is 6.20. The zero-order valence-corrected chi connectivity index (χ0v) is 10.00. The number of rotatable bonds is 4. The van der Waals surface area contributed by atoms with Gasteiger partial charge < -0.3 is 15.3 Å². The topological polar surface area (TPSA) is 35.5 Å². The Balaban J connectivity index is 1.71. The normalized spacial score (nSPS) is 35.4. The monoisotopic (exact) mass is 212 g/mol. The molecule has 3 heteroatoms. The minimum absolute atomic E-state index is 0.257. The molecule has 0 radical (unpaired) electrons. The van der Waals surface area contributed by atoms with Gasteiger partial charge in [-0.15, -0.1) is 0 Å². The second-order valence-corrected chi connectivity index (χ2v) is 5.59. The molecule has 2 atom stereocenters. The van der Waals surface area contributed by atoms with Crippen molar-refractivity contribution in [2.45, 2.75) is 44.7 Å². The fourth-order valence-corrected chi connectivity index (χ4v) is 2.40. The summed E-state index contributed by atoms with van der Waals surface area (Å²) in [6.45, 7) is 4.88. The van der Waals surface area contributed by atoms with Crippen LogP contribution in [0.1, 0.15) is 32.6 Å². The Morgan fingerprint density at radius 1 is 1.47 bits per heavy atom. The summed E-state index contributed by atoms with van der Waals surface area (Å²) in [6, 6.07) is 1.36. The van der Waals surface area contributed by atoms with Crippen LogP contribution < -0.4 is 5.32 Å². The number of aliphatic hydroxyl groups excluding tert-OH is 1. The molecule has 0 amide bonds. The zero-order valence-electron chi connectivity index (χ0n) is 10.00. The third-order valence-corrected chi connectivity index (χ3v) is 4.27. The minimum Gasteiger partial charge on any atom is -0.396 e. The highest BCUT2D eigenvalue weighted by Gasteiger charge is 2.42. The molecule has 0 aromatic heterocycles. The fraction of sp³-hybridized carbons (Fsp3) is 1.00. The van der Waals surface area contributed by atoms with E-state index in [4.69, 9.17) is 0 Å². The van der Waals surface area contributed by atoms with Crippen LogP contribution in [0, 0.1) is 5.41 Å². The van der Waals surface area contributed by atoms with Crippen LogP contribution in [0.25, 0.3) is 0 Å². The van der Waals surface area contributed by atoms with E-state index in [0.717, 1.165) is 6.54 Å². The van der Waals surface area contributed by atoms with Gasteiger partial charge in [0.05, 0.1) is 0 Å². The summed E-state index contributed by atoms with van der Waals surface area (Å²) in [4.78, 5) is 2.43. The summed E-state index contributed by atoms with van der Waals surface area (Å²) >= 11 is 0. The van der Waals surface area contributed by atoms with E-state index in [-0.39, 0.29) is 5.41 Å². The molecule has 0 aromatic carbocycles. The van der Waals surface area contributed by atoms with Crippen LogP contribution in [-0.2, 0) is 0 Å². The first-order chi connectivity index (χ1) is 7.15. The van der Waals surface area contributed by atoms with Gasteiger partial charge in [0, 0.05) is 30.7 Å². The first-order valence-corrected chi connectivity index (χ1v) is 6.20. The van der Waals surface area contributed by atoms with Gasteiger partial charge in [-0.1, -0.05) is 0 Å². The number of hydrogen-bond acceptors (Lipinski definition) is 3. The lowest BCUT2D eigenvalue weighted by Crippen LogP contribution is -2.47. The van der Waals surface area contributed by atoms with Crippen molar-refractivity contribution in [3.05, 3.63) is 0 Å². The lowest BCUT2D eigenvalue weighted by atomic mass is 9.98. The molecule has 1 aliphatic carbocycles. The van der Waals surface area contributed by atoms with E-state index in [1.54, 1.807) is 0 Å². The number of aliphatic hydroxyl groups is 1. The number of likely N-dealkylation sites (tertiary alicyclic amines) is 1. The van der Waals surface area contributed by atoms with Crippen LogP contribution in [0.4, 0.5) is 0 Å². The Kier molecular flexibility index (Phi) is 3.33. The number of piperidine rings is 1. The molecule has 3 nitrogen and oxygen atoms in total. The lowest BCUT2D eigenvalue weighted by molar-refractivity contribution is 0.154. The van der Waals surface area contributed by atoms with Crippen LogP contribution in [0.5, 0.6) is 0 Å². The highest BCUT2D eigenvalue weighted by Crippen LogP contribution is 2.44. The van der Waals surface area contributed by atoms with Gasteiger partial charge in [-0.25, -0.2) is 0 Å². The van der Waals surface area contributed by atoms with E-state index in [1.807, 2.05) is 0 Å². The van der Waals surface area contributed by atoms with Crippen molar-refractivity contribution in [3.8, 4) is 0 Å². The molecular weight excluding hydrogens is 188 g/mol. The zero-order chi connectivity index (χ0) is 10.9. The van der Waals surface area contributed by atoms with Crippen molar-refractivity contribution in [2.24, 2.45) is 5.41 Å². The smallest absolute Gasteiger partial charge is 0.0499 e. The minimum atomic E-state index is 0.257. The average molecular weight is 212 g/mol. The summed E-state index contributed by atoms with van der Waals surface area (Å²) in [7, 11) is 2.21. The summed E-state index contributed by atoms with van der Waals surface area (Å²) in [5, 5.41) is 12.9. The summed E-state index contributed by atoms with van der Waals surface area (Å²) in [5.41, 5.74) is 0.257. The van der Waals surface area contributed by atoms with E-state index in [2.05, 4.69) is 24.2 Å². The fourth-order valence-electron chi connectivity index (χ4n) is 2.40. The van der Waals surface area contributed by atoms with Crippen molar-refractivity contribution in [1.29, 1.82) is 0 Å². The van der Waals surface area contributed by atoms with E-state index in [1.165, 1.54) is 32.2 Å². The summed E-state index contributed by atoms with van der Waals surface area (Å²) in [6.07, 6.45) is 4.91. The predicted octanol–water partition coefficient (Wildman–Crippen LogP) is 0.831. The average Bonchev–Trinajstić information content (AvgIpc) is 3.01. The van der Waals surface area contributed by atoms with Crippen molar-refractivity contribution >= 4 is 0 Å². The third kappa shape index (κ3) is 2.71.